The number of nitrogen functional groups attached to an aromatic ring is 1. The number of hydrazone groups is 1. The molecule has 1 heterocycles. The summed E-state index contributed by atoms with van der Waals surface area (Å²) < 4.78 is 0. The van der Waals surface area contributed by atoms with E-state index in [0.29, 0.717) is 21.4 Å². The van der Waals surface area contributed by atoms with Crippen molar-refractivity contribution in [2.24, 2.45) is 5.10 Å². The molecule has 0 spiro atoms. The van der Waals surface area contributed by atoms with Crippen molar-refractivity contribution in [1.82, 2.24) is 4.98 Å². The molecule has 3 rings (SSSR count). The van der Waals surface area contributed by atoms with Gasteiger partial charge in [-0.3, -0.25) is 5.43 Å². The number of thiazole rings is 1. The predicted octanol–water partition coefficient (Wildman–Crippen LogP) is 4.19. The van der Waals surface area contributed by atoms with Crippen molar-refractivity contribution in [1.29, 1.82) is 0 Å². The van der Waals surface area contributed by atoms with Crippen LogP contribution in [0.15, 0.2) is 52.9 Å². The molecule has 2 aromatic carbocycles. The van der Waals surface area contributed by atoms with Crippen LogP contribution < -0.4 is 11.2 Å². The molecule has 0 bridgehead atoms. The number of aromatic nitrogens is 1. The Bertz CT molecular complexity index is 955. The molecule has 0 aliphatic carbocycles. The highest BCUT2D eigenvalue weighted by molar-refractivity contribution is 7.14. The van der Waals surface area contributed by atoms with E-state index in [1.165, 1.54) is 23.6 Å². The summed E-state index contributed by atoms with van der Waals surface area (Å²) in [5.74, 6) is -1.07. The maximum atomic E-state index is 11.2. The van der Waals surface area contributed by atoms with Crippen LogP contribution in [0.3, 0.4) is 0 Å². The predicted molar refractivity (Wildman–Crippen MR) is 102 cm³/mol. The van der Waals surface area contributed by atoms with Crippen molar-refractivity contribution in [3.63, 3.8) is 0 Å². The number of carboxylic acids is 1. The zero-order valence-electron chi connectivity index (χ0n) is 12.8. The number of carboxylic acid groups (broad SMARTS) is 1. The highest BCUT2D eigenvalue weighted by Gasteiger charge is 2.11. The van der Waals surface area contributed by atoms with Crippen molar-refractivity contribution in [3.05, 3.63) is 64.0 Å². The van der Waals surface area contributed by atoms with E-state index in [1.54, 1.807) is 18.2 Å². The largest absolute Gasteiger partial charge is 0.478 e. The van der Waals surface area contributed by atoms with Gasteiger partial charge in [-0.15, -0.1) is 11.3 Å². The van der Waals surface area contributed by atoms with Gasteiger partial charge in [0, 0.05) is 27.2 Å². The minimum Gasteiger partial charge on any atom is -0.478 e. The van der Waals surface area contributed by atoms with Gasteiger partial charge in [0.15, 0.2) is 0 Å². The monoisotopic (exact) mass is 372 g/mol. The maximum absolute atomic E-state index is 11.2. The second kappa shape index (κ2) is 7.33. The Morgan fingerprint density at radius 2 is 2.08 bits per heavy atom. The van der Waals surface area contributed by atoms with Crippen LogP contribution in [0.25, 0.3) is 11.3 Å². The summed E-state index contributed by atoms with van der Waals surface area (Å²) in [7, 11) is 0. The van der Waals surface area contributed by atoms with Crippen molar-refractivity contribution in [2.75, 3.05) is 11.2 Å². The molecular weight excluding hydrogens is 360 g/mol. The Balaban J connectivity index is 1.79. The lowest BCUT2D eigenvalue weighted by Gasteiger charge is -2.04. The third-order valence-electron chi connectivity index (χ3n) is 3.38. The number of carbonyl (C=O) groups is 1. The molecule has 25 heavy (non-hydrogen) atoms. The minimum atomic E-state index is -1.07. The van der Waals surface area contributed by atoms with Gasteiger partial charge in [0.05, 0.1) is 17.5 Å². The van der Waals surface area contributed by atoms with Crippen LogP contribution in [0.1, 0.15) is 15.9 Å². The number of hydrogen-bond acceptors (Lipinski definition) is 6. The standard InChI is InChI=1S/C17H13ClN4O2S/c18-13-6-2-1-4-11(13)15-9-25-17(21-15)22-20-8-12-10(16(23)24)5-3-7-14(12)19/h1-9H,19H2,(H,21,22)(H,23,24). The number of nitrogens with one attached hydrogen (secondary N) is 1. The highest BCUT2D eigenvalue weighted by Crippen LogP contribution is 2.30. The molecule has 1 aromatic heterocycles. The van der Waals surface area contributed by atoms with E-state index in [1.807, 2.05) is 23.6 Å². The lowest BCUT2D eigenvalue weighted by Crippen LogP contribution is -2.05. The second-order valence-corrected chi connectivity index (χ2v) is 6.27. The fourth-order valence-corrected chi connectivity index (χ4v) is 3.08. The minimum absolute atomic E-state index is 0.0847. The van der Waals surface area contributed by atoms with Crippen molar-refractivity contribution in [2.45, 2.75) is 0 Å². The molecule has 0 radical (unpaired) electrons. The number of nitrogens with zero attached hydrogens (tertiary/aromatic N) is 2. The van der Waals surface area contributed by atoms with Gasteiger partial charge in [-0.25, -0.2) is 9.78 Å². The Morgan fingerprint density at radius 1 is 1.28 bits per heavy atom. The first kappa shape index (κ1) is 16.9. The number of benzene rings is 2. The molecule has 0 unspecified atom stereocenters. The van der Waals surface area contributed by atoms with Crippen LogP contribution in [0.5, 0.6) is 0 Å². The number of halogens is 1. The fraction of sp³-hybridized carbons (Fsp3) is 0. The Morgan fingerprint density at radius 3 is 2.84 bits per heavy atom. The first-order valence-corrected chi connectivity index (χ1v) is 8.43. The number of aromatic carboxylic acids is 1. The summed E-state index contributed by atoms with van der Waals surface area (Å²) >= 11 is 7.52. The van der Waals surface area contributed by atoms with Crippen LogP contribution in [-0.2, 0) is 0 Å². The lowest BCUT2D eigenvalue weighted by atomic mass is 10.1. The van der Waals surface area contributed by atoms with Gasteiger partial charge in [0.2, 0.25) is 5.13 Å². The summed E-state index contributed by atoms with van der Waals surface area (Å²) in [6.07, 6.45) is 1.37. The van der Waals surface area contributed by atoms with Gasteiger partial charge < -0.3 is 10.8 Å². The topological polar surface area (TPSA) is 101 Å². The van der Waals surface area contributed by atoms with Gasteiger partial charge in [0.25, 0.3) is 0 Å². The van der Waals surface area contributed by atoms with Crippen LogP contribution in [0.4, 0.5) is 10.8 Å². The average molecular weight is 373 g/mol. The molecule has 6 nitrogen and oxygen atoms in total. The normalized spacial score (nSPS) is 10.9. The fourth-order valence-electron chi connectivity index (χ4n) is 2.18. The molecule has 0 saturated heterocycles. The SMILES string of the molecule is Nc1cccc(C(=O)O)c1C=NNc1nc(-c2ccccc2Cl)cs1. The summed E-state index contributed by atoms with van der Waals surface area (Å²) in [6, 6.07) is 12.1. The van der Waals surface area contributed by atoms with Gasteiger partial charge in [0.1, 0.15) is 0 Å². The second-order valence-electron chi connectivity index (χ2n) is 5.00. The molecule has 0 saturated carbocycles. The summed E-state index contributed by atoms with van der Waals surface area (Å²) in [6.45, 7) is 0. The third kappa shape index (κ3) is 3.78. The first-order valence-electron chi connectivity index (χ1n) is 7.17. The molecule has 126 valence electrons. The van der Waals surface area contributed by atoms with E-state index in [-0.39, 0.29) is 5.56 Å². The van der Waals surface area contributed by atoms with Gasteiger partial charge in [-0.1, -0.05) is 35.9 Å². The highest BCUT2D eigenvalue weighted by atomic mass is 35.5. The number of anilines is 2. The summed E-state index contributed by atoms with van der Waals surface area (Å²) in [4.78, 5) is 15.7. The molecule has 0 aliphatic heterocycles. The molecule has 0 aliphatic rings. The molecular formula is C17H13ClN4O2S. The van der Waals surface area contributed by atoms with Crippen molar-refractivity contribution in [3.8, 4) is 11.3 Å². The molecule has 8 heteroatoms. The van der Waals surface area contributed by atoms with Gasteiger partial charge in [-0.05, 0) is 18.2 Å². The van der Waals surface area contributed by atoms with Crippen LogP contribution in [-0.4, -0.2) is 22.3 Å². The van der Waals surface area contributed by atoms with Crippen LogP contribution in [0.2, 0.25) is 5.02 Å². The smallest absolute Gasteiger partial charge is 0.336 e. The van der Waals surface area contributed by atoms with Crippen LogP contribution >= 0.6 is 22.9 Å². The van der Waals surface area contributed by atoms with Gasteiger partial charge in [-0.2, -0.15) is 5.10 Å². The van der Waals surface area contributed by atoms with E-state index in [4.69, 9.17) is 17.3 Å². The molecule has 0 amide bonds. The first-order chi connectivity index (χ1) is 12.1. The van der Waals surface area contributed by atoms with Gasteiger partial charge >= 0.3 is 5.97 Å². The van der Waals surface area contributed by atoms with Crippen LogP contribution in [0, 0.1) is 0 Å². The maximum Gasteiger partial charge on any atom is 0.336 e. The van der Waals surface area contributed by atoms with E-state index in [0.717, 1.165) is 11.3 Å². The summed E-state index contributed by atoms with van der Waals surface area (Å²) in [5.41, 5.74) is 10.9. The van der Waals surface area contributed by atoms with E-state index >= 15 is 0 Å². The Hall–Kier alpha value is -2.90. The number of nitrogens with two attached hydrogens (primary N) is 1. The third-order valence-corrected chi connectivity index (χ3v) is 4.45. The zero-order chi connectivity index (χ0) is 17.8. The summed E-state index contributed by atoms with van der Waals surface area (Å²) in [5, 5.41) is 16.3. The number of rotatable bonds is 5. The zero-order valence-corrected chi connectivity index (χ0v) is 14.4. The quantitative estimate of drug-likeness (QED) is 0.354. The number of hydrogen-bond donors (Lipinski definition) is 3. The Kier molecular flexibility index (Phi) is 4.97. The average Bonchev–Trinajstić information content (AvgIpc) is 3.05. The lowest BCUT2D eigenvalue weighted by molar-refractivity contribution is 0.0697. The van der Waals surface area contributed by atoms with E-state index in [9.17, 15) is 9.90 Å². The van der Waals surface area contributed by atoms with Crippen molar-refractivity contribution >= 4 is 45.9 Å². The van der Waals surface area contributed by atoms with E-state index < -0.39 is 5.97 Å². The van der Waals surface area contributed by atoms with E-state index in [2.05, 4.69) is 15.5 Å². The molecule has 0 fully saturated rings. The Labute approximate surface area is 152 Å². The molecule has 4 N–H and O–H groups in total. The van der Waals surface area contributed by atoms with Crippen molar-refractivity contribution < 1.29 is 9.90 Å². The molecule has 3 aromatic rings. The molecule has 0 atom stereocenters.